The van der Waals surface area contributed by atoms with Crippen molar-refractivity contribution in [3.05, 3.63) is 30.6 Å². The van der Waals surface area contributed by atoms with E-state index in [2.05, 4.69) is 5.10 Å². The SMILES string of the molecule is COCCn1cc(-c2cc(OC(C)C)ccc2N)cn1. The van der Waals surface area contributed by atoms with Gasteiger partial charge in [-0.2, -0.15) is 5.10 Å². The van der Waals surface area contributed by atoms with Crippen LogP contribution in [0.25, 0.3) is 11.1 Å². The summed E-state index contributed by atoms with van der Waals surface area (Å²) in [5.41, 5.74) is 8.68. The lowest BCUT2D eigenvalue weighted by atomic mass is 10.1. The van der Waals surface area contributed by atoms with Crippen LogP contribution in [0.3, 0.4) is 0 Å². The fourth-order valence-electron chi connectivity index (χ4n) is 1.94. The van der Waals surface area contributed by atoms with E-state index in [1.165, 1.54) is 0 Å². The van der Waals surface area contributed by atoms with Crippen LogP contribution in [0.15, 0.2) is 30.6 Å². The fourth-order valence-corrected chi connectivity index (χ4v) is 1.94. The summed E-state index contributed by atoms with van der Waals surface area (Å²) in [6, 6.07) is 5.70. The zero-order valence-corrected chi connectivity index (χ0v) is 12.2. The Morgan fingerprint density at radius 2 is 2.15 bits per heavy atom. The molecule has 5 nitrogen and oxygen atoms in total. The Labute approximate surface area is 119 Å². The van der Waals surface area contributed by atoms with E-state index in [0.717, 1.165) is 23.4 Å². The van der Waals surface area contributed by atoms with Crippen LogP contribution in [0.5, 0.6) is 5.75 Å². The lowest BCUT2D eigenvalue weighted by Crippen LogP contribution is -2.05. The van der Waals surface area contributed by atoms with E-state index in [-0.39, 0.29) is 6.10 Å². The third-order valence-corrected chi connectivity index (χ3v) is 2.87. The third-order valence-electron chi connectivity index (χ3n) is 2.87. The standard InChI is InChI=1S/C15H21N3O2/c1-11(2)20-13-4-5-15(16)14(8-13)12-9-17-18(10-12)6-7-19-3/h4-5,8-11H,6-7,16H2,1-3H3. The topological polar surface area (TPSA) is 62.3 Å². The summed E-state index contributed by atoms with van der Waals surface area (Å²) in [5, 5.41) is 4.30. The molecule has 20 heavy (non-hydrogen) atoms. The van der Waals surface area contributed by atoms with Crippen LogP contribution in [-0.2, 0) is 11.3 Å². The van der Waals surface area contributed by atoms with Gasteiger partial charge in [-0.3, -0.25) is 4.68 Å². The molecule has 0 bridgehead atoms. The van der Waals surface area contributed by atoms with Gasteiger partial charge in [0.05, 0.1) is 25.5 Å². The lowest BCUT2D eigenvalue weighted by Gasteiger charge is -2.12. The van der Waals surface area contributed by atoms with Gasteiger partial charge in [0.1, 0.15) is 5.75 Å². The van der Waals surface area contributed by atoms with Gasteiger partial charge in [-0.15, -0.1) is 0 Å². The largest absolute Gasteiger partial charge is 0.491 e. The van der Waals surface area contributed by atoms with E-state index in [0.29, 0.717) is 12.3 Å². The molecule has 0 aliphatic rings. The van der Waals surface area contributed by atoms with Crippen LogP contribution < -0.4 is 10.5 Å². The molecule has 108 valence electrons. The van der Waals surface area contributed by atoms with Crippen LogP contribution in [-0.4, -0.2) is 29.6 Å². The zero-order chi connectivity index (χ0) is 14.5. The molecule has 1 heterocycles. The molecule has 0 unspecified atom stereocenters. The van der Waals surface area contributed by atoms with Crippen LogP contribution in [0.4, 0.5) is 5.69 Å². The van der Waals surface area contributed by atoms with Crippen molar-refractivity contribution in [1.82, 2.24) is 9.78 Å². The molecule has 0 radical (unpaired) electrons. The van der Waals surface area contributed by atoms with Gasteiger partial charge in [0.25, 0.3) is 0 Å². The second kappa shape index (κ2) is 6.43. The fraction of sp³-hybridized carbons (Fsp3) is 0.400. The number of rotatable bonds is 6. The Kier molecular flexibility index (Phi) is 4.63. The summed E-state index contributed by atoms with van der Waals surface area (Å²) in [4.78, 5) is 0. The maximum atomic E-state index is 6.04. The highest BCUT2D eigenvalue weighted by Gasteiger charge is 2.08. The number of hydrogen-bond donors (Lipinski definition) is 1. The highest BCUT2D eigenvalue weighted by Crippen LogP contribution is 2.30. The van der Waals surface area contributed by atoms with E-state index in [9.17, 15) is 0 Å². The molecule has 1 aromatic carbocycles. The molecule has 2 aromatic rings. The summed E-state index contributed by atoms with van der Waals surface area (Å²) in [6.45, 7) is 5.35. The first-order chi connectivity index (χ1) is 9.60. The minimum atomic E-state index is 0.135. The number of aromatic nitrogens is 2. The van der Waals surface area contributed by atoms with Gasteiger partial charge in [-0.25, -0.2) is 0 Å². The summed E-state index contributed by atoms with van der Waals surface area (Å²) in [6.07, 6.45) is 3.90. The molecule has 5 heteroatoms. The molecular formula is C15H21N3O2. The average molecular weight is 275 g/mol. The van der Waals surface area contributed by atoms with E-state index < -0.39 is 0 Å². The number of nitrogens with two attached hydrogens (primary N) is 1. The van der Waals surface area contributed by atoms with Gasteiger partial charge in [0.15, 0.2) is 0 Å². The number of hydrogen-bond acceptors (Lipinski definition) is 4. The maximum absolute atomic E-state index is 6.04. The second-order valence-corrected chi connectivity index (χ2v) is 4.90. The van der Waals surface area contributed by atoms with Gasteiger partial charge >= 0.3 is 0 Å². The lowest BCUT2D eigenvalue weighted by molar-refractivity contribution is 0.183. The molecule has 2 rings (SSSR count). The van der Waals surface area contributed by atoms with Crippen LogP contribution >= 0.6 is 0 Å². The van der Waals surface area contributed by atoms with Crippen molar-refractivity contribution >= 4 is 5.69 Å². The molecule has 0 aliphatic carbocycles. The summed E-state index contributed by atoms with van der Waals surface area (Å²) >= 11 is 0. The van der Waals surface area contributed by atoms with E-state index in [1.807, 2.05) is 42.9 Å². The van der Waals surface area contributed by atoms with Crippen molar-refractivity contribution in [1.29, 1.82) is 0 Å². The summed E-state index contributed by atoms with van der Waals surface area (Å²) < 4.78 is 12.6. The molecule has 0 amide bonds. The highest BCUT2D eigenvalue weighted by molar-refractivity contribution is 5.76. The van der Waals surface area contributed by atoms with Gasteiger partial charge < -0.3 is 15.2 Å². The number of nitrogen functional groups attached to an aromatic ring is 1. The Hall–Kier alpha value is -2.01. The molecule has 2 N–H and O–H groups in total. The molecule has 0 saturated heterocycles. The highest BCUT2D eigenvalue weighted by atomic mass is 16.5. The van der Waals surface area contributed by atoms with Crippen LogP contribution in [0.2, 0.25) is 0 Å². The van der Waals surface area contributed by atoms with Crippen molar-refractivity contribution < 1.29 is 9.47 Å². The first kappa shape index (κ1) is 14.4. The first-order valence-corrected chi connectivity index (χ1v) is 6.68. The molecule has 1 aromatic heterocycles. The van der Waals surface area contributed by atoms with E-state index >= 15 is 0 Å². The number of nitrogens with zero attached hydrogens (tertiary/aromatic N) is 2. The smallest absolute Gasteiger partial charge is 0.120 e. The van der Waals surface area contributed by atoms with E-state index in [4.69, 9.17) is 15.2 Å². The Morgan fingerprint density at radius 1 is 1.35 bits per heavy atom. The minimum absolute atomic E-state index is 0.135. The molecular weight excluding hydrogens is 254 g/mol. The number of benzene rings is 1. The summed E-state index contributed by atoms with van der Waals surface area (Å²) in [5.74, 6) is 0.814. The predicted octanol–water partition coefficient (Wildman–Crippen LogP) is 2.57. The zero-order valence-electron chi connectivity index (χ0n) is 12.2. The Bertz CT molecular complexity index is 564. The van der Waals surface area contributed by atoms with Crippen molar-refractivity contribution in [2.75, 3.05) is 19.5 Å². The van der Waals surface area contributed by atoms with Gasteiger partial charge in [-0.1, -0.05) is 0 Å². The quantitative estimate of drug-likeness (QED) is 0.823. The molecule has 0 atom stereocenters. The van der Waals surface area contributed by atoms with Crippen molar-refractivity contribution in [2.24, 2.45) is 0 Å². The monoisotopic (exact) mass is 275 g/mol. The average Bonchev–Trinajstić information content (AvgIpc) is 2.86. The number of anilines is 1. The van der Waals surface area contributed by atoms with Crippen molar-refractivity contribution in [3.8, 4) is 16.9 Å². The van der Waals surface area contributed by atoms with Gasteiger partial charge in [0, 0.05) is 30.1 Å². The second-order valence-electron chi connectivity index (χ2n) is 4.90. The van der Waals surface area contributed by atoms with Crippen molar-refractivity contribution in [3.63, 3.8) is 0 Å². The molecule has 0 aliphatic heterocycles. The molecule has 0 saturated carbocycles. The van der Waals surface area contributed by atoms with Crippen LogP contribution in [0, 0.1) is 0 Å². The van der Waals surface area contributed by atoms with Crippen LogP contribution in [0.1, 0.15) is 13.8 Å². The predicted molar refractivity (Wildman–Crippen MR) is 79.7 cm³/mol. The van der Waals surface area contributed by atoms with Crippen molar-refractivity contribution in [2.45, 2.75) is 26.5 Å². The maximum Gasteiger partial charge on any atom is 0.120 e. The Morgan fingerprint density at radius 3 is 2.85 bits per heavy atom. The third kappa shape index (κ3) is 3.51. The molecule has 0 fully saturated rings. The summed E-state index contributed by atoms with van der Waals surface area (Å²) in [7, 11) is 1.68. The van der Waals surface area contributed by atoms with Gasteiger partial charge in [0.2, 0.25) is 0 Å². The first-order valence-electron chi connectivity index (χ1n) is 6.68. The van der Waals surface area contributed by atoms with Gasteiger partial charge in [-0.05, 0) is 32.0 Å². The minimum Gasteiger partial charge on any atom is -0.491 e. The number of ether oxygens (including phenoxy) is 2. The number of methoxy groups -OCH3 is 1. The van der Waals surface area contributed by atoms with E-state index in [1.54, 1.807) is 13.3 Å². The normalized spacial score (nSPS) is 11.0. The molecule has 0 spiro atoms. The Balaban J connectivity index is 2.24.